The van der Waals surface area contributed by atoms with E-state index in [1.807, 2.05) is 18.2 Å². The number of rotatable bonds is 6. The summed E-state index contributed by atoms with van der Waals surface area (Å²) in [5.41, 5.74) is 2.42. The monoisotopic (exact) mass is 565 g/mol. The minimum atomic E-state index is -0.00914. The third-order valence-corrected chi connectivity index (χ3v) is 10.4. The van der Waals surface area contributed by atoms with E-state index in [0.717, 1.165) is 77.0 Å². The number of amides is 3. The van der Waals surface area contributed by atoms with Crippen LogP contribution in [0.5, 0.6) is 0 Å². The van der Waals surface area contributed by atoms with Gasteiger partial charge in [-0.25, -0.2) is 0 Å². The first-order chi connectivity index (χ1) is 19.3. The van der Waals surface area contributed by atoms with E-state index in [9.17, 15) is 14.4 Å². The normalized spacial score (nSPS) is 26.2. The first-order valence-electron chi connectivity index (χ1n) is 16.4. The number of hydrogen-bond donors (Lipinski definition) is 3. The Morgan fingerprint density at radius 1 is 0.488 bits per heavy atom. The molecular formula is C35H55N3O3. The van der Waals surface area contributed by atoms with E-state index in [0.29, 0.717) is 28.9 Å². The van der Waals surface area contributed by atoms with Crippen LogP contribution < -0.4 is 16.0 Å². The number of benzene rings is 1. The highest BCUT2D eigenvalue weighted by Gasteiger charge is 2.34. The van der Waals surface area contributed by atoms with Gasteiger partial charge in [-0.05, 0) is 105 Å². The highest BCUT2D eigenvalue weighted by atomic mass is 16.2. The molecule has 41 heavy (non-hydrogen) atoms. The summed E-state index contributed by atoms with van der Waals surface area (Å²) in [6, 6.07) is 5.51. The highest BCUT2D eigenvalue weighted by Crippen LogP contribution is 2.41. The Hall–Kier alpha value is -2.37. The van der Waals surface area contributed by atoms with E-state index in [2.05, 4.69) is 57.5 Å². The predicted octanol–water partition coefficient (Wildman–Crippen LogP) is 8.79. The van der Waals surface area contributed by atoms with Gasteiger partial charge in [-0.15, -0.1) is 0 Å². The summed E-state index contributed by atoms with van der Waals surface area (Å²) in [4.78, 5) is 39.7. The van der Waals surface area contributed by atoms with Crippen molar-refractivity contribution >= 4 is 34.8 Å². The molecule has 3 aliphatic carbocycles. The number of hydrogen-bond acceptors (Lipinski definition) is 3. The Kier molecular flexibility index (Phi) is 10.2. The molecule has 0 aliphatic heterocycles. The van der Waals surface area contributed by atoms with E-state index >= 15 is 0 Å². The van der Waals surface area contributed by atoms with Crippen LogP contribution in [0.1, 0.15) is 125 Å². The lowest BCUT2D eigenvalue weighted by atomic mass is 9.69. The molecule has 3 amide bonds. The molecule has 6 nitrogen and oxygen atoms in total. The van der Waals surface area contributed by atoms with Crippen LogP contribution in [-0.2, 0) is 14.4 Å². The van der Waals surface area contributed by atoms with Crippen molar-refractivity contribution in [3.05, 3.63) is 18.2 Å². The van der Waals surface area contributed by atoms with Crippen molar-refractivity contribution in [2.45, 2.75) is 125 Å². The molecule has 3 aliphatic rings. The third-order valence-electron chi connectivity index (χ3n) is 10.4. The van der Waals surface area contributed by atoms with Gasteiger partial charge in [0.2, 0.25) is 17.7 Å². The second-order valence-electron chi connectivity index (χ2n) is 15.4. The van der Waals surface area contributed by atoms with E-state index in [1.54, 1.807) is 0 Å². The zero-order chi connectivity index (χ0) is 29.8. The van der Waals surface area contributed by atoms with Gasteiger partial charge in [0.25, 0.3) is 0 Å². The van der Waals surface area contributed by atoms with Crippen molar-refractivity contribution in [2.75, 3.05) is 16.0 Å². The molecule has 0 radical (unpaired) electrons. The molecule has 3 fully saturated rings. The largest absolute Gasteiger partial charge is 0.326 e. The average molecular weight is 566 g/mol. The van der Waals surface area contributed by atoms with Gasteiger partial charge in [0.05, 0.1) is 0 Å². The minimum Gasteiger partial charge on any atom is -0.326 e. The van der Waals surface area contributed by atoms with Gasteiger partial charge in [0.15, 0.2) is 0 Å². The topological polar surface area (TPSA) is 87.3 Å². The van der Waals surface area contributed by atoms with Crippen molar-refractivity contribution in [2.24, 2.45) is 40.4 Å². The summed E-state index contributed by atoms with van der Waals surface area (Å²) < 4.78 is 0. The van der Waals surface area contributed by atoms with Crippen molar-refractivity contribution in [1.82, 2.24) is 0 Å². The van der Waals surface area contributed by atoms with Gasteiger partial charge in [-0.2, -0.15) is 0 Å². The lowest BCUT2D eigenvalue weighted by Crippen LogP contribution is -2.32. The Balaban J connectivity index is 1.45. The van der Waals surface area contributed by atoms with Crippen LogP contribution >= 0.6 is 0 Å². The van der Waals surface area contributed by atoms with Gasteiger partial charge >= 0.3 is 0 Å². The van der Waals surface area contributed by atoms with Crippen molar-refractivity contribution in [3.63, 3.8) is 0 Å². The third kappa shape index (κ3) is 8.81. The highest BCUT2D eigenvalue weighted by molar-refractivity contribution is 5.99. The maximum atomic E-state index is 13.3. The molecule has 0 heterocycles. The standard InChI is InChI=1S/C35H55N3O3/c1-34(2,3)26-16-12-24(13-17-26)32(40)37-29-20-28(36-31(39)23-10-8-7-9-11-23)21-30(22-29)38-33(41)25-14-18-27(19-15-25)35(4,5)6/h20-27H,7-19H2,1-6H3,(H,36,39)(H,37,40)(H,38,41). The Morgan fingerprint density at radius 2 is 0.780 bits per heavy atom. The van der Waals surface area contributed by atoms with Crippen LogP contribution in [-0.4, -0.2) is 17.7 Å². The fourth-order valence-electron chi connectivity index (χ4n) is 7.39. The van der Waals surface area contributed by atoms with Crippen molar-refractivity contribution < 1.29 is 14.4 Å². The number of carbonyl (C=O) groups is 3. The molecule has 0 bridgehead atoms. The summed E-state index contributed by atoms with van der Waals surface area (Å²) in [5.74, 6) is 1.39. The number of anilines is 3. The van der Waals surface area contributed by atoms with E-state index in [1.165, 1.54) is 6.42 Å². The van der Waals surface area contributed by atoms with Crippen LogP contribution in [0.3, 0.4) is 0 Å². The lowest BCUT2D eigenvalue weighted by Gasteiger charge is -2.36. The summed E-state index contributed by atoms with van der Waals surface area (Å²) in [6.07, 6.45) is 13.1. The SMILES string of the molecule is CC(C)(C)C1CCC(C(=O)Nc2cc(NC(=O)C3CCCCC3)cc(NC(=O)C3CCC(C(C)(C)C)CC3)c2)CC1. The van der Waals surface area contributed by atoms with Crippen LogP contribution in [0.2, 0.25) is 0 Å². The molecule has 0 spiro atoms. The zero-order valence-electron chi connectivity index (χ0n) is 26.5. The molecule has 0 aromatic heterocycles. The van der Waals surface area contributed by atoms with E-state index < -0.39 is 0 Å². The van der Waals surface area contributed by atoms with Crippen LogP contribution in [0.15, 0.2) is 18.2 Å². The summed E-state index contributed by atoms with van der Waals surface area (Å²) in [7, 11) is 0. The average Bonchev–Trinajstić information content (AvgIpc) is 2.92. The molecule has 1 aromatic carbocycles. The maximum absolute atomic E-state index is 13.3. The second kappa shape index (κ2) is 13.3. The predicted molar refractivity (Wildman–Crippen MR) is 169 cm³/mol. The minimum absolute atomic E-state index is 0.00914. The molecule has 3 N–H and O–H groups in total. The van der Waals surface area contributed by atoms with Gasteiger partial charge in [-0.3, -0.25) is 14.4 Å². The molecular weight excluding hydrogens is 510 g/mol. The Bertz CT molecular complexity index is 995. The second-order valence-corrected chi connectivity index (χ2v) is 15.4. The summed E-state index contributed by atoms with van der Waals surface area (Å²) >= 11 is 0. The molecule has 4 rings (SSSR count). The fourth-order valence-corrected chi connectivity index (χ4v) is 7.39. The van der Waals surface area contributed by atoms with Crippen LogP contribution in [0.25, 0.3) is 0 Å². The van der Waals surface area contributed by atoms with Gasteiger partial charge in [0.1, 0.15) is 0 Å². The van der Waals surface area contributed by atoms with Gasteiger partial charge < -0.3 is 16.0 Å². The molecule has 0 atom stereocenters. The molecule has 0 saturated heterocycles. The summed E-state index contributed by atoms with van der Waals surface area (Å²) in [5, 5.41) is 9.37. The quantitative estimate of drug-likeness (QED) is 0.322. The van der Waals surface area contributed by atoms with Crippen molar-refractivity contribution in [3.8, 4) is 0 Å². The molecule has 0 unspecified atom stereocenters. The summed E-state index contributed by atoms with van der Waals surface area (Å²) in [6.45, 7) is 13.7. The maximum Gasteiger partial charge on any atom is 0.227 e. The van der Waals surface area contributed by atoms with Crippen LogP contribution in [0, 0.1) is 40.4 Å². The first kappa shape index (κ1) is 31.6. The molecule has 6 heteroatoms. The fraction of sp³-hybridized carbons (Fsp3) is 0.743. The molecule has 3 saturated carbocycles. The van der Waals surface area contributed by atoms with Crippen LogP contribution in [0.4, 0.5) is 17.1 Å². The smallest absolute Gasteiger partial charge is 0.227 e. The zero-order valence-corrected chi connectivity index (χ0v) is 26.5. The number of carbonyl (C=O) groups excluding carboxylic acids is 3. The molecule has 228 valence electrons. The molecule has 1 aromatic rings. The van der Waals surface area contributed by atoms with E-state index in [4.69, 9.17) is 0 Å². The Morgan fingerprint density at radius 3 is 1.07 bits per heavy atom. The first-order valence-corrected chi connectivity index (χ1v) is 16.4. The van der Waals surface area contributed by atoms with Gasteiger partial charge in [0, 0.05) is 34.8 Å². The van der Waals surface area contributed by atoms with Gasteiger partial charge in [-0.1, -0.05) is 60.8 Å². The van der Waals surface area contributed by atoms with Crippen molar-refractivity contribution in [1.29, 1.82) is 0 Å². The Labute approximate surface area is 248 Å². The number of nitrogens with one attached hydrogen (secondary N) is 3. The lowest BCUT2D eigenvalue weighted by molar-refractivity contribution is -0.122. The van der Waals surface area contributed by atoms with E-state index in [-0.39, 0.29) is 46.3 Å².